The van der Waals surface area contributed by atoms with E-state index in [1.807, 2.05) is 4.90 Å². The monoisotopic (exact) mass is 228 g/mol. The van der Waals surface area contributed by atoms with Crippen LogP contribution in [0.1, 0.15) is 27.7 Å². The fourth-order valence-electron chi connectivity index (χ4n) is 2.40. The second-order valence-corrected chi connectivity index (χ2v) is 5.49. The van der Waals surface area contributed by atoms with Gasteiger partial charge < -0.3 is 9.64 Å². The molecule has 1 saturated heterocycles. The summed E-state index contributed by atoms with van der Waals surface area (Å²) in [6.45, 7) is 11.6. The number of rotatable bonds is 2. The van der Waals surface area contributed by atoms with Gasteiger partial charge in [0.1, 0.15) is 6.61 Å². The van der Waals surface area contributed by atoms with Crippen LogP contribution in [0, 0.1) is 0 Å². The summed E-state index contributed by atoms with van der Waals surface area (Å²) in [5.74, 6) is 0.0999. The average molecular weight is 228 g/mol. The van der Waals surface area contributed by atoms with E-state index in [-0.39, 0.29) is 18.1 Å². The molecule has 1 fully saturated rings. The molecular weight excluding hydrogens is 204 g/mol. The standard InChI is InChI=1S/C12H24N2O2/c1-10-8-13(11(15)9-16-5)6-7-14(10)12(2,3)4/h10H,6-9H2,1-5H3. The summed E-state index contributed by atoms with van der Waals surface area (Å²) in [7, 11) is 1.56. The van der Waals surface area contributed by atoms with Crippen LogP contribution in [0.4, 0.5) is 0 Å². The number of carbonyl (C=O) groups excluding carboxylic acids is 1. The van der Waals surface area contributed by atoms with E-state index in [4.69, 9.17) is 4.74 Å². The number of hydrogen-bond acceptors (Lipinski definition) is 3. The van der Waals surface area contributed by atoms with Crippen molar-refractivity contribution in [2.45, 2.75) is 39.3 Å². The molecule has 1 atom stereocenters. The number of amides is 1. The minimum atomic E-state index is 0.0999. The summed E-state index contributed by atoms with van der Waals surface area (Å²) in [6.07, 6.45) is 0. The maximum absolute atomic E-state index is 11.7. The molecule has 0 bridgehead atoms. The summed E-state index contributed by atoms with van der Waals surface area (Å²) in [5, 5.41) is 0. The summed E-state index contributed by atoms with van der Waals surface area (Å²) in [5.41, 5.74) is 0.176. The van der Waals surface area contributed by atoms with E-state index in [9.17, 15) is 4.79 Å². The van der Waals surface area contributed by atoms with Crippen LogP contribution in [-0.2, 0) is 9.53 Å². The quantitative estimate of drug-likeness (QED) is 0.706. The Bertz CT molecular complexity index is 248. The molecule has 0 aliphatic carbocycles. The third kappa shape index (κ3) is 3.19. The molecule has 16 heavy (non-hydrogen) atoms. The molecule has 4 nitrogen and oxygen atoms in total. The van der Waals surface area contributed by atoms with Crippen molar-refractivity contribution in [1.82, 2.24) is 9.80 Å². The number of piperazine rings is 1. The van der Waals surface area contributed by atoms with E-state index in [0.29, 0.717) is 6.04 Å². The van der Waals surface area contributed by atoms with Gasteiger partial charge in [0.05, 0.1) is 0 Å². The smallest absolute Gasteiger partial charge is 0.248 e. The maximum atomic E-state index is 11.7. The molecule has 0 N–H and O–H groups in total. The highest BCUT2D eigenvalue weighted by Gasteiger charge is 2.32. The van der Waals surface area contributed by atoms with Gasteiger partial charge in [-0.25, -0.2) is 0 Å². The third-order valence-corrected chi connectivity index (χ3v) is 3.11. The zero-order valence-corrected chi connectivity index (χ0v) is 11.1. The lowest BCUT2D eigenvalue weighted by molar-refractivity contribution is -0.139. The van der Waals surface area contributed by atoms with Crippen molar-refractivity contribution in [3.8, 4) is 0 Å². The summed E-state index contributed by atoms with van der Waals surface area (Å²) < 4.78 is 4.88. The second kappa shape index (κ2) is 5.15. The van der Waals surface area contributed by atoms with E-state index < -0.39 is 0 Å². The van der Waals surface area contributed by atoms with Gasteiger partial charge in [-0.2, -0.15) is 0 Å². The number of carbonyl (C=O) groups is 1. The summed E-state index contributed by atoms with van der Waals surface area (Å²) in [4.78, 5) is 16.0. The Morgan fingerprint density at radius 3 is 2.44 bits per heavy atom. The van der Waals surface area contributed by atoms with Crippen molar-refractivity contribution in [2.24, 2.45) is 0 Å². The molecule has 94 valence electrons. The molecule has 1 amide bonds. The van der Waals surface area contributed by atoms with Gasteiger partial charge in [-0.1, -0.05) is 0 Å². The zero-order chi connectivity index (χ0) is 12.3. The molecule has 0 aromatic rings. The van der Waals surface area contributed by atoms with Crippen LogP contribution in [0.15, 0.2) is 0 Å². The van der Waals surface area contributed by atoms with Crippen LogP contribution in [0.25, 0.3) is 0 Å². The molecule has 4 heteroatoms. The Hall–Kier alpha value is -0.610. The summed E-state index contributed by atoms with van der Waals surface area (Å²) >= 11 is 0. The molecule has 0 spiro atoms. The molecule has 0 aromatic carbocycles. The van der Waals surface area contributed by atoms with E-state index >= 15 is 0 Å². The van der Waals surface area contributed by atoms with Crippen molar-refractivity contribution >= 4 is 5.91 Å². The molecule has 0 aromatic heterocycles. The topological polar surface area (TPSA) is 32.8 Å². The number of hydrogen-bond donors (Lipinski definition) is 0. The summed E-state index contributed by atoms with van der Waals surface area (Å²) in [6, 6.07) is 0.412. The van der Waals surface area contributed by atoms with Crippen LogP contribution < -0.4 is 0 Å². The molecular formula is C12H24N2O2. The second-order valence-electron chi connectivity index (χ2n) is 5.49. The highest BCUT2D eigenvalue weighted by molar-refractivity contribution is 5.77. The van der Waals surface area contributed by atoms with Gasteiger partial charge in [-0.3, -0.25) is 9.69 Å². The first kappa shape index (κ1) is 13.5. The van der Waals surface area contributed by atoms with Crippen molar-refractivity contribution in [1.29, 1.82) is 0 Å². The maximum Gasteiger partial charge on any atom is 0.248 e. The van der Waals surface area contributed by atoms with Crippen molar-refractivity contribution in [2.75, 3.05) is 33.4 Å². The normalized spacial score (nSPS) is 23.6. The molecule has 1 rings (SSSR count). The molecule has 1 unspecified atom stereocenters. The SMILES string of the molecule is COCC(=O)N1CCN(C(C)(C)C)C(C)C1. The Morgan fingerprint density at radius 1 is 1.38 bits per heavy atom. The van der Waals surface area contributed by atoms with Gasteiger partial charge in [0.15, 0.2) is 0 Å². The van der Waals surface area contributed by atoms with Crippen LogP contribution in [0.2, 0.25) is 0 Å². The fraction of sp³-hybridized carbons (Fsp3) is 0.917. The third-order valence-electron chi connectivity index (χ3n) is 3.11. The lowest BCUT2D eigenvalue weighted by Crippen LogP contribution is -2.59. The van der Waals surface area contributed by atoms with Gasteiger partial charge in [0.25, 0.3) is 0 Å². The van der Waals surface area contributed by atoms with Crippen LogP contribution >= 0.6 is 0 Å². The predicted molar refractivity (Wildman–Crippen MR) is 64.4 cm³/mol. The Labute approximate surface area is 98.5 Å². The Morgan fingerprint density at radius 2 is 2.00 bits per heavy atom. The van der Waals surface area contributed by atoms with Crippen LogP contribution in [0.3, 0.4) is 0 Å². The first-order chi connectivity index (χ1) is 7.36. The van der Waals surface area contributed by atoms with Gasteiger partial charge in [0, 0.05) is 38.3 Å². The van der Waals surface area contributed by atoms with Crippen molar-refractivity contribution in [3.63, 3.8) is 0 Å². The highest BCUT2D eigenvalue weighted by atomic mass is 16.5. The number of ether oxygens (including phenoxy) is 1. The zero-order valence-electron chi connectivity index (χ0n) is 11.1. The van der Waals surface area contributed by atoms with Gasteiger partial charge in [-0.15, -0.1) is 0 Å². The van der Waals surface area contributed by atoms with E-state index in [0.717, 1.165) is 19.6 Å². The molecule has 1 heterocycles. The van der Waals surface area contributed by atoms with Crippen molar-refractivity contribution in [3.05, 3.63) is 0 Å². The lowest BCUT2D eigenvalue weighted by Gasteiger charge is -2.46. The van der Waals surface area contributed by atoms with Gasteiger partial charge in [0.2, 0.25) is 5.91 Å². The number of methoxy groups -OCH3 is 1. The molecule has 1 aliphatic rings. The van der Waals surface area contributed by atoms with E-state index in [2.05, 4.69) is 32.6 Å². The Balaban J connectivity index is 2.55. The van der Waals surface area contributed by atoms with Gasteiger partial charge >= 0.3 is 0 Å². The first-order valence-corrected chi connectivity index (χ1v) is 5.89. The molecule has 0 saturated carbocycles. The predicted octanol–water partition coefficient (Wildman–Crippen LogP) is 0.964. The van der Waals surface area contributed by atoms with Crippen LogP contribution in [-0.4, -0.2) is 60.6 Å². The Kier molecular flexibility index (Phi) is 4.33. The van der Waals surface area contributed by atoms with E-state index in [1.54, 1.807) is 7.11 Å². The molecule has 1 aliphatic heterocycles. The largest absolute Gasteiger partial charge is 0.375 e. The van der Waals surface area contributed by atoms with Crippen molar-refractivity contribution < 1.29 is 9.53 Å². The minimum absolute atomic E-state index is 0.0999. The van der Waals surface area contributed by atoms with Gasteiger partial charge in [-0.05, 0) is 27.7 Å². The van der Waals surface area contributed by atoms with Crippen LogP contribution in [0.5, 0.6) is 0 Å². The average Bonchev–Trinajstić information content (AvgIpc) is 2.16. The fourth-order valence-corrected chi connectivity index (χ4v) is 2.40. The first-order valence-electron chi connectivity index (χ1n) is 5.89. The highest BCUT2D eigenvalue weighted by Crippen LogP contribution is 2.20. The number of nitrogens with zero attached hydrogens (tertiary/aromatic N) is 2. The minimum Gasteiger partial charge on any atom is -0.375 e. The van der Waals surface area contributed by atoms with E-state index in [1.165, 1.54) is 0 Å². The lowest BCUT2D eigenvalue weighted by atomic mass is 10.0. The molecule has 0 radical (unpaired) electrons.